The first-order chi connectivity index (χ1) is 19.9. The Labute approximate surface area is 241 Å². The van der Waals surface area contributed by atoms with Crippen LogP contribution in [0.5, 0.6) is 11.5 Å². The van der Waals surface area contributed by atoms with E-state index in [0.29, 0.717) is 49.6 Å². The molecule has 216 valence electrons. The maximum absolute atomic E-state index is 13.8. The third-order valence-corrected chi connectivity index (χ3v) is 9.38. The summed E-state index contributed by atoms with van der Waals surface area (Å²) >= 11 is 0. The first kappa shape index (κ1) is 28.6. The van der Waals surface area contributed by atoms with Gasteiger partial charge in [0.25, 0.3) is 5.91 Å². The minimum atomic E-state index is -3.69. The second kappa shape index (κ2) is 12.7. The number of para-hydroxylation sites is 2. The molecule has 0 aromatic heterocycles. The zero-order valence-electron chi connectivity index (χ0n) is 23.1. The molecule has 0 unspecified atom stereocenters. The van der Waals surface area contributed by atoms with Crippen molar-refractivity contribution < 1.29 is 27.5 Å². The Bertz CT molecular complexity index is 1450. The second-order valence-corrected chi connectivity index (χ2v) is 12.1. The second-order valence-electron chi connectivity index (χ2n) is 10.1. The molecule has 1 atom stereocenters. The van der Waals surface area contributed by atoms with E-state index in [9.17, 15) is 18.0 Å². The molecule has 0 aliphatic carbocycles. The molecule has 2 amide bonds. The molecule has 0 bridgehead atoms. The number of amides is 2. The van der Waals surface area contributed by atoms with Crippen molar-refractivity contribution in [3.63, 3.8) is 0 Å². The van der Waals surface area contributed by atoms with Gasteiger partial charge in [-0.15, -0.1) is 0 Å². The number of hydrogen-bond donors (Lipinski definition) is 1. The zero-order chi connectivity index (χ0) is 28.8. The first-order valence-electron chi connectivity index (χ1n) is 14.0. The number of rotatable bonds is 9. The quantitative estimate of drug-likeness (QED) is 0.417. The number of anilines is 1. The molecule has 41 heavy (non-hydrogen) atoms. The van der Waals surface area contributed by atoms with Crippen LogP contribution in [0.3, 0.4) is 0 Å². The topological polar surface area (TPSA) is 105 Å². The van der Waals surface area contributed by atoms with Crippen LogP contribution in [0.2, 0.25) is 0 Å². The van der Waals surface area contributed by atoms with Crippen molar-refractivity contribution in [3.8, 4) is 11.5 Å². The minimum absolute atomic E-state index is 0.0949. The number of carbonyl (C=O) groups excluding carboxylic acids is 2. The van der Waals surface area contributed by atoms with Crippen LogP contribution >= 0.6 is 0 Å². The van der Waals surface area contributed by atoms with Crippen LogP contribution in [-0.2, 0) is 26.0 Å². The van der Waals surface area contributed by atoms with Gasteiger partial charge in [0.2, 0.25) is 15.9 Å². The van der Waals surface area contributed by atoms with E-state index in [-0.39, 0.29) is 42.3 Å². The summed E-state index contributed by atoms with van der Waals surface area (Å²) in [6.45, 7) is 3.40. The molecule has 2 aliphatic rings. The molecule has 2 heterocycles. The van der Waals surface area contributed by atoms with Gasteiger partial charge in [-0.25, -0.2) is 8.42 Å². The molecular formula is C31H35N3O6S. The molecule has 0 spiro atoms. The number of sulfonamides is 1. The summed E-state index contributed by atoms with van der Waals surface area (Å²) in [6.07, 6.45) is 0.631. The molecule has 3 aromatic carbocycles. The average molecular weight is 578 g/mol. The van der Waals surface area contributed by atoms with Gasteiger partial charge in [-0.05, 0) is 68.1 Å². The number of fused-ring (bicyclic) bond motifs is 1. The van der Waals surface area contributed by atoms with Crippen molar-refractivity contribution in [2.45, 2.75) is 37.2 Å². The van der Waals surface area contributed by atoms with Crippen molar-refractivity contribution in [2.75, 3.05) is 37.7 Å². The number of nitrogens with one attached hydrogen (secondary N) is 1. The molecule has 1 saturated heterocycles. The Hall–Kier alpha value is -3.89. The lowest BCUT2D eigenvalue weighted by atomic mass is 9.95. The van der Waals surface area contributed by atoms with Gasteiger partial charge < -0.3 is 19.7 Å². The molecule has 5 rings (SSSR count). The fourth-order valence-electron chi connectivity index (χ4n) is 5.26. The van der Waals surface area contributed by atoms with Gasteiger partial charge in [0, 0.05) is 25.6 Å². The first-order valence-corrected chi connectivity index (χ1v) is 15.4. The van der Waals surface area contributed by atoms with E-state index in [1.807, 2.05) is 49.4 Å². The summed E-state index contributed by atoms with van der Waals surface area (Å²) in [5.41, 5.74) is 1.74. The van der Waals surface area contributed by atoms with Crippen LogP contribution in [0, 0.1) is 5.92 Å². The number of carbonyl (C=O) groups is 2. The smallest absolute Gasteiger partial charge is 0.262 e. The van der Waals surface area contributed by atoms with Gasteiger partial charge in [-0.2, -0.15) is 4.31 Å². The predicted molar refractivity (Wildman–Crippen MR) is 155 cm³/mol. The van der Waals surface area contributed by atoms with Crippen molar-refractivity contribution in [3.05, 3.63) is 84.4 Å². The highest BCUT2D eigenvalue weighted by atomic mass is 32.2. The van der Waals surface area contributed by atoms with Crippen molar-refractivity contribution in [2.24, 2.45) is 5.92 Å². The SMILES string of the molecule is CCOc1ccc(S(=O)(=O)N2CCC(C(=O)N3C[C@H](C(=O)NCCc4ccccc4)Oc4ccccc43)CC2)cc1. The highest BCUT2D eigenvalue weighted by molar-refractivity contribution is 7.89. The number of hydrogen-bond acceptors (Lipinski definition) is 6. The van der Waals surface area contributed by atoms with Crippen molar-refractivity contribution in [1.29, 1.82) is 0 Å². The lowest BCUT2D eigenvalue weighted by Crippen LogP contribution is -2.53. The molecule has 3 aromatic rings. The van der Waals surface area contributed by atoms with Crippen LogP contribution in [0.4, 0.5) is 5.69 Å². The largest absolute Gasteiger partial charge is 0.494 e. The molecule has 0 saturated carbocycles. The number of benzene rings is 3. The van der Waals surface area contributed by atoms with E-state index in [2.05, 4.69) is 5.32 Å². The molecule has 9 nitrogen and oxygen atoms in total. The highest BCUT2D eigenvalue weighted by Crippen LogP contribution is 2.36. The summed E-state index contributed by atoms with van der Waals surface area (Å²) in [4.78, 5) is 28.6. The third kappa shape index (κ3) is 6.55. The number of piperidine rings is 1. The molecule has 2 aliphatic heterocycles. The lowest BCUT2D eigenvalue weighted by molar-refractivity contribution is -0.129. The molecule has 1 fully saturated rings. The van der Waals surface area contributed by atoms with E-state index in [1.165, 1.54) is 4.31 Å². The Morgan fingerprint density at radius 2 is 1.63 bits per heavy atom. The van der Waals surface area contributed by atoms with Gasteiger partial charge in [-0.1, -0.05) is 42.5 Å². The molecule has 0 radical (unpaired) electrons. The lowest BCUT2D eigenvalue weighted by Gasteiger charge is -2.38. The van der Waals surface area contributed by atoms with Crippen LogP contribution in [-0.4, -0.2) is 63.4 Å². The number of ether oxygens (including phenoxy) is 2. The van der Waals surface area contributed by atoms with E-state index in [4.69, 9.17) is 9.47 Å². The maximum atomic E-state index is 13.8. The van der Waals surface area contributed by atoms with E-state index < -0.39 is 16.1 Å². The standard InChI is InChI=1S/C31H35N3O6S/c1-2-39-25-12-14-26(15-13-25)41(37,38)33-20-17-24(18-21-33)31(36)34-22-29(40-28-11-7-6-10-27(28)34)30(35)32-19-16-23-8-4-3-5-9-23/h3-15,24,29H,2,16-22H2,1H3,(H,32,35)/t29-/m1/s1. The van der Waals surface area contributed by atoms with Crippen LogP contribution in [0.25, 0.3) is 0 Å². The number of nitrogens with zero attached hydrogens (tertiary/aromatic N) is 2. The third-order valence-electron chi connectivity index (χ3n) is 7.46. The fraction of sp³-hybridized carbons (Fsp3) is 0.355. The average Bonchev–Trinajstić information content (AvgIpc) is 3.01. The van der Waals surface area contributed by atoms with Crippen molar-refractivity contribution >= 4 is 27.5 Å². The maximum Gasteiger partial charge on any atom is 0.262 e. The Morgan fingerprint density at radius 3 is 2.34 bits per heavy atom. The molecule has 10 heteroatoms. The van der Waals surface area contributed by atoms with Gasteiger partial charge >= 0.3 is 0 Å². The van der Waals surface area contributed by atoms with Gasteiger partial charge in [0.05, 0.1) is 23.7 Å². The Kier molecular flexibility index (Phi) is 8.90. The normalized spacial score (nSPS) is 17.8. The van der Waals surface area contributed by atoms with E-state index in [0.717, 1.165) is 5.56 Å². The summed E-state index contributed by atoms with van der Waals surface area (Å²) < 4.78 is 39.3. The van der Waals surface area contributed by atoms with Gasteiger partial charge in [-0.3, -0.25) is 9.59 Å². The van der Waals surface area contributed by atoms with E-state index >= 15 is 0 Å². The fourth-order valence-corrected chi connectivity index (χ4v) is 6.72. The summed E-state index contributed by atoms with van der Waals surface area (Å²) in [5.74, 6) is 0.329. The molecular weight excluding hydrogens is 542 g/mol. The monoisotopic (exact) mass is 577 g/mol. The van der Waals surface area contributed by atoms with Gasteiger partial charge in [0.1, 0.15) is 11.5 Å². The Morgan fingerprint density at radius 1 is 0.951 bits per heavy atom. The summed E-state index contributed by atoms with van der Waals surface area (Å²) in [6, 6.07) is 23.5. The molecule has 1 N–H and O–H groups in total. The summed E-state index contributed by atoms with van der Waals surface area (Å²) in [7, 11) is -3.69. The Balaban J connectivity index is 1.22. The van der Waals surface area contributed by atoms with Crippen LogP contribution < -0.4 is 19.7 Å². The minimum Gasteiger partial charge on any atom is -0.494 e. The van der Waals surface area contributed by atoms with Crippen LogP contribution in [0.1, 0.15) is 25.3 Å². The van der Waals surface area contributed by atoms with E-state index in [1.54, 1.807) is 41.3 Å². The van der Waals surface area contributed by atoms with Crippen molar-refractivity contribution in [1.82, 2.24) is 9.62 Å². The predicted octanol–water partition coefficient (Wildman–Crippen LogP) is 3.64. The zero-order valence-corrected chi connectivity index (χ0v) is 23.9. The van der Waals surface area contributed by atoms with Crippen LogP contribution in [0.15, 0.2) is 83.8 Å². The highest BCUT2D eigenvalue weighted by Gasteiger charge is 2.39. The summed E-state index contributed by atoms with van der Waals surface area (Å²) in [5, 5.41) is 2.94. The van der Waals surface area contributed by atoms with Gasteiger partial charge in [0.15, 0.2) is 6.10 Å².